The lowest BCUT2D eigenvalue weighted by Crippen LogP contribution is -2.52. The first-order valence-corrected chi connectivity index (χ1v) is 11.1. The summed E-state index contributed by atoms with van der Waals surface area (Å²) < 4.78 is 0. The lowest BCUT2D eigenvalue weighted by molar-refractivity contribution is -0.385. The van der Waals surface area contributed by atoms with E-state index >= 15 is 0 Å². The average Bonchev–Trinajstić information content (AvgIpc) is 3.56. The Balaban J connectivity index is 1.50. The molecule has 5 rings (SSSR count). The molecule has 0 unspecified atom stereocenters. The number of benzene rings is 2. The number of imide groups is 1. The molecule has 2 aliphatic carbocycles. The van der Waals surface area contributed by atoms with Crippen LogP contribution in [0.25, 0.3) is 0 Å². The number of nitrogens with zero attached hydrogens (tertiary/aromatic N) is 4. The third-order valence-corrected chi connectivity index (χ3v) is 6.92. The first-order valence-electron chi connectivity index (χ1n) is 11.1. The van der Waals surface area contributed by atoms with Crippen LogP contribution in [0.1, 0.15) is 27.1 Å². The molecular weight excluding hydrogens is 472 g/mol. The molecule has 0 radical (unpaired) electrons. The predicted molar refractivity (Wildman–Crippen MR) is 121 cm³/mol. The summed E-state index contributed by atoms with van der Waals surface area (Å²) in [5, 5.41) is 23.6. The Morgan fingerprint density at radius 1 is 0.861 bits per heavy atom. The molecule has 1 aliphatic heterocycles. The molecule has 2 aromatic carbocycles. The van der Waals surface area contributed by atoms with Crippen molar-refractivity contribution in [2.75, 3.05) is 6.54 Å². The molecule has 3 amide bonds. The Hall–Kier alpha value is -4.74. The van der Waals surface area contributed by atoms with Crippen LogP contribution in [0.15, 0.2) is 60.7 Å². The fourth-order valence-corrected chi connectivity index (χ4v) is 5.26. The van der Waals surface area contributed by atoms with Crippen LogP contribution in [0.3, 0.4) is 0 Å². The maximum atomic E-state index is 13.5. The highest BCUT2D eigenvalue weighted by molar-refractivity contribution is 6.10. The number of allylic oxidation sites excluding steroid dienone is 2. The van der Waals surface area contributed by atoms with Gasteiger partial charge in [0, 0.05) is 35.4 Å². The summed E-state index contributed by atoms with van der Waals surface area (Å²) in [5.41, 5.74) is -0.768. The van der Waals surface area contributed by atoms with Crippen LogP contribution in [0.4, 0.5) is 11.4 Å². The molecule has 2 aromatic rings. The van der Waals surface area contributed by atoms with Gasteiger partial charge in [-0.15, -0.1) is 0 Å². The van der Waals surface area contributed by atoms with Gasteiger partial charge >= 0.3 is 0 Å². The summed E-state index contributed by atoms with van der Waals surface area (Å²) in [6.07, 6.45) is 4.44. The van der Waals surface area contributed by atoms with Gasteiger partial charge in [0.1, 0.15) is 6.54 Å². The molecule has 2 bridgehead atoms. The summed E-state index contributed by atoms with van der Waals surface area (Å²) in [6.45, 7) is -0.723. The summed E-state index contributed by atoms with van der Waals surface area (Å²) in [5.74, 6) is -4.36. The zero-order valence-corrected chi connectivity index (χ0v) is 18.6. The number of nitro groups is 2. The van der Waals surface area contributed by atoms with Crippen molar-refractivity contribution < 1.29 is 29.0 Å². The van der Waals surface area contributed by atoms with E-state index in [1.54, 1.807) is 0 Å². The molecular formula is C24H18N4O8. The molecule has 12 heteroatoms. The van der Waals surface area contributed by atoms with Crippen molar-refractivity contribution in [3.8, 4) is 0 Å². The van der Waals surface area contributed by atoms with Crippen LogP contribution < -0.4 is 0 Å². The van der Waals surface area contributed by atoms with Gasteiger partial charge in [-0.2, -0.15) is 5.01 Å². The van der Waals surface area contributed by atoms with E-state index in [-0.39, 0.29) is 34.3 Å². The molecule has 12 nitrogen and oxygen atoms in total. The van der Waals surface area contributed by atoms with E-state index < -0.39 is 51.7 Å². The maximum absolute atomic E-state index is 13.5. The lowest BCUT2D eigenvalue weighted by atomic mass is 9.85. The molecule has 1 heterocycles. The second kappa shape index (κ2) is 8.48. The van der Waals surface area contributed by atoms with Crippen molar-refractivity contribution in [2.45, 2.75) is 6.42 Å². The van der Waals surface area contributed by atoms with Crippen LogP contribution in [0.2, 0.25) is 0 Å². The van der Waals surface area contributed by atoms with Crippen LogP contribution >= 0.6 is 0 Å². The van der Waals surface area contributed by atoms with Gasteiger partial charge in [-0.1, -0.05) is 18.2 Å². The van der Waals surface area contributed by atoms with Crippen molar-refractivity contribution in [2.24, 2.45) is 23.7 Å². The Kier molecular flexibility index (Phi) is 5.43. The first-order chi connectivity index (χ1) is 17.2. The van der Waals surface area contributed by atoms with Crippen molar-refractivity contribution >= 4 is 34.9 Å². The number of nitro benzene ring substituents is 2. The minimum Gasteiger partial charge on any atom is -0.292 e. The van der Waals surface area contributed by atoms with E-state index in [4.69, 9.17) is 0 Å². The molecule has 182 valence electrons. The van der Waals surface area contributed by atoms with Crippen LogP contribution in [0.5, 0.6) is 0 Å². The second-order valence-electron chi connectivity index (χ2n) is 8.89. The predicted octanol–water partition coefficient (Wildman–Crippen LogP) is 2.55. The van der Waals surface area contributed by atoms with E-state index in [1.165, 1.54) is 30.3 Å². The Morgan fingerprint density at radius 3 is 2.00 bits per heavy atom. The molecule has 0 spiro atoms. The van der Waals surface area contributed by atoms with E-state index in [1.807, 2.05) is 12.2 Å². The fourth-order valence-electron chi connectivity index (χ4n) is 5.26. The molecule has 1 saturated carbocycles. The minimum absolute atomic E-state index is 0.0264. The third-order valence-electron chi connectivity index (χ3n) is 6.92. The van der Waals surface area contributed by atoms with E-state index in [0.717, 1.165) is 23.2 Å². The minimum atomic E-state index is -0.934. The SMILES string of the molecule is O=C(CN(C(=O)c1cccc([N+](=O)[O-])c1)N1C(=O)[C@@H]2[C@@H](C1=O)[C@H]1C=C[C@H]2C1)c1ccc([N+](=O)[O-])cc1. The number of carbonyl (C=O) groups is 4. The Morgan fingerprint density at radius 2 is 1.44 bits per heavy atom. The second-order valence-corrected chi connectivity index (χ2v) is 8.89. The van der Waals surface area contributed by atoms with Crippen molar-refractivity contribution in [3.63, 3.8) is 0 Å². The quantitative estimate of drug-likeness (QED) is 0.188. The molecule has 0 aromatic heterocycles. The number of rotatable bonds is 7. The summed E-state index contributed by atoms with van der Waals surface area (Å²) in [6, 6.07) is 9.43. The van der Waals surface area contributed by atoms with Gasteiger partial charge in [0.05, 0.1) is 21.7 Å². The number of non-ortho nitro benzene ring substituents is 2. The van der Waals surface area contributed by atoms with Crippen LogP contribution in [-0.2, 0) is 9.59 Å². The van der Waals surface area contributed by atoms with Crippen LogP contribution in [0, 0.1) is 43.9 Å². The fraction of sp³-hybridized carbons (Fsp3) is 0.250. The number of fused-ring (bicyclic) bond motifs is 5. The first kappa shape index (κ1) is 23.0. The van der Waals surface area contributed by atoms with Gasteiger partial charge < -0.3 is 0 Å². The van der Waals surface area contributed by atoms with Gasteiger partial charge in [0.15, 0.2) is 5.78 Å². The summed E-state index contributed by atoms with van der Waals surface area (Å²) in [7, 11) is 0. The summed E-state index contributed by atoms with van der Waals surface area (Å²) in [4.78, 5) is 74.1. The van der Waals surface area contributed by atoms with Gasteiger partial charge in [0.2, 0.25) is 0 Å². The van der Waals surface area contributed by atoms with Gasteiger partial charge in [0.25, 0.3) is 29.1 Å². The molecule has 3 aliphatic rings. The normalized spacial score (nSPS) is 23.6. The van der Waals surface area contributed by atoms with Gasteiger partial charge in [-0.25, -0.2) is 5.01 Å². The molecule has 2 fully saturated rings. The highest BCUT2D eigenvalue weighted by Gasteiger charge is 2.61. The largest absolute Gasteiger partial charge is 0.292 e. The number of amides is 3. The van der Waals surface area contributed by atoms with Crippen molar-refractivity contribution in [3.05, 3.63) is 92.0 Å². The number of hydrazine groups is 1. The van der Waals surface area contributed by atoms with E-state index in [2.05, 4.69) is 0 Å². The van der Waals surface area contributed by atoms with Gasteiger partial charge in [-0.05, 0) is 36.5 Å². The Bertz CT molecular complexity index is 1340. The third kappa shape index (κ3) is 3.63. The zero-order valence-electron chi connectivity index (χ0n) is 18.6. The monoisotopic (exact) mass is 490 g/mol. The molecule has 0 N–H and O–H groups in total. The average molecular weight is 490 g/mol. The number of hydrogen-bond donors (Lipinski definition) is 0. The van der Waals surface area contributed by atoms with E-state index in [9.17, 15) is 39.4 Å². The van der Waals surface area contributed by atoms with Crippen LogP contribution in [-0.4, -0.2) is 49.9 Å². The van der Waals surface area contributed by atoms with Crippen molar-refractivity contribution in [1.29, 1.82) is 0 Å². The van der Waals surface area contributed by atoms with Crippen molar-refractivity contribution in [1.82, 2.24) is 10.0 Å². The molecule has 4 atom stereocenters. The van der Waals surface area contributed by atoms with E-state index in [0.29, 0.717) is 11.4 Å². The standard InChI is InChI=1S/C24H18N4O8/c29-19(13-6-8-17(9-7-13)27(33)34)12-25(22(30)16-2-1-3-18(11-16)28(35)36)26-23(31)20-14-4-5-15(10-14)21(20)24(26)32/h1-9,11,14-15,20-21H,10,12H2/t14-,15-,20-,21-/m0/s1. The van der Waals surface area contributed by atoms with Gasteiger partial charge in [-0.3, -0.25) is 39.4 Å². The number of carbonyl (C=O) groups excluding carboxylic acids is 4. The topological polar surface area (TPSA) is 161 Å². The number of ketones is 1. The molecule has 36 heavy (non-hydrogen) atoms. The smallest absolute Gasteiger partial charge is 0.273 e. The maximum Gasteiger partial charge on any atom is 0.273 e. The number of Topliss-reactive ketones (excluding diaryl/α,β-unsaturated/α-hetero) is 1. The Labute approximate surface area is 203 Å². The highest BCUT2D eigenvalue weighted by atomic mass is 16.6. The molecule has 1 saturated heterocycles. The summed E-state index contributed by atoms with van der Waals surface area (Å²) >= 11 is 0. The number of hydrogen-bond acceptors (Lipinski definition) is 8. The lowest BCUT2D eigenvalue weighted by Gasteiger charge is -2.30. The zero-order chi connectivity index (χ0) is 25.7. The highest BCUT2D eigenvalue weighted by Crippen LogP contribution is 2.52.